The van der Waals surface area contributed by atoms with Crippen molar-refractivity contribution in [1.29, 1.82) is 0 Å². The van der Waals surface area contributed by atoms with Gasteiger partial charge in [-0.1, -0.05) is 0 Å². The summed E-state index contributed by atoms with van der Waals surface area (Å²) >= 11 is 0. The normalized spacial score (nSPS) is 11.9. The van der Waals surface area contributed by atoms with Crippen LogP contribution in [0.15, 0.2) is 17.0 Å². The van der Waals surface area contributed by atoms with Crippen LogP contribution < -0.4 is 9.88 Å². The van der Waals surface area contributed by atoms with Gasteiger partial charge >= 0.3 is 6.61 Å². The average molecular weight is 259 g/mol. The van der Waals surface area contributed by atoms with Crippen LogP contribution in [0.1, 0.15) is 0 Å². The lowest BCUT2D eigenvalue weighted by Gasteiger charge is -2.09. The van der Waals surface area contributed by atoms with Crippen LogP contribution >= 0.6 is 0 Å². The van der Waals surface area contributed by atoms with Crippen LogP contribution in [-0.4, -0.2) is 15.0 Å². The lowest BCUT2D eigenvalue weighted by atomic mass is 10.3. The van der Waals surface area contributed by atoms with Crippen molar-refractivity contribution in [3.63, 3.8) is 0 Å². The Balaban J connectivity index is 3.46. The molecule has 0 amide bonds. The average Bonchev–Trinajstić information content (AvgIpc) is 2.08. The molecule has 0 aliphatic rings. The van der Waals surface area contributed by atoms with E-state index >= 15 is 0 Å². The lowest BCUT2D eigenvalue weighted by Crippen LogP contribution is -2.17. The number of primary sulfonamides is 1. The van der Waals surface area contributed by atoms with Gasteiger partial charge < -0.3 is 4.74 Å². The number of benzene rings is 1. The topological polar surface area (TPSA) is 69.4 Å². The highest BCUT2D eigenvalue weighted by molar-refractivity contribution is 7.89. The van der Waals surface area contributed by atoms with E-state index in [0.29, 0.717) is 12.1 Å². The first-order valence-electron chi connectivity index (χ1n) is 3.69. The molecule has 0 bridgehead atoms. The second-order valence-corrected chi connectivity index (χ2v) is 4.11. The van der Waals surface area contributed by atoms with Crippen molar-refractivity contribution >= 4 is 10.0 Å². The molecule has 0 spiro atoms. The molecular formula is C7H5F4NO3S. The largest absolute Gasteiger partial charge is 0.433 e. The third kappa shape index (κ3) is 2.61. The molecule has 0 unspecified atom stereocenters. The summed E-state index contributed by atoms with van der Waals surface area (Å²) in [6, 6.07) is 0.992. The molecule has 0 saturated heterocycles. The van der Waals surface area contributed by atoms with Crippen molar-refractivity contribution in [2.45, 2.75) is 11.5 Å². The standard InChI is InChI=1S/C7H5F4NO3S/c8-3-1-2-4(15-7(10)11)6(5(3)9)16(12,13)14/h1-2,7H,(H2,12,13,14). The quantitative estimate of drug-likeness (QED) is 0.829. The van der Waals surface area contributed by atoms with E-state index < -0.39 is 38.9 Å². The third-order valence-corrected chi connectivity index (χ3v) is 2.46. The Bertz CT molecular complexity index is 503. The van der Waals surface area contributed by atoms with Crippen LogP contribution in [0.3, 0.4) is 0 Å². The van der Waals surface area contributed by atoms with E-state index in [1.807, 2.05) is 0 Å². The predicted molar refractivity (Wildman–Crippen MR) is 44.4 cm³/mol. The number of ether oxygens (including phenoxy) is 1. The smallest absolute Gasteiger partial charge is 0.387 e. The third-order valence-electron chi connectivity index (χ3n) is 1.51. The number of hydrogen-bond acceptors (Lipinski definition) is 3. The molecule has 0 aliphatic carbocycles. The summed E-state index contributed by atoms with van der Waals surface area (Å²) in [5.41, 5.74) is 0. The van der Waals surface area contributed by atoms with Crippen molar-refractivity contribution in [1.82, 2.24) is 0 Å². The molecule has 0 fully saturated rings. The van der Waals surface area contributed by atoms with Gasteiger partial charge in [-0.15, -0.1) is 0 Å². The summed E-state index contributed by atoms with van der Waals surface area (Å²) in [4.78, 5) is -1.44. The van der Waals surface area contributed by atoms with Gasteiger partial charge in [-0.25, -0.2) is 22.3 Å². The maximum absolute atomic E-state index is 13.0. The number of halogens is 4. The van der Waals surface area contributed by atoms with Gasteiger partial charge in [0.15, 0.2) is 16.5 Å². The van der Waals surface area contributed by atoms with E-state index in [4.69, 9.17) is 0 Å². The molecule has 1 rings (SSSR count). The zero-order valence-electron chi connectivity index (χ0n) is 7.45. The first-order chi connectivity index (χ1) is 7.23. The highest BCUT2D eigenvalue weighted by Crippen LogP contribution is 2.28. The second kappa shape index (κ2) is 4.26. The van der Waals surface area contributed by atoms with Gasteiger partial charge in [0.05, 0.1) is 0 Å². The molecule has 1 aromatic rings. The number of rotatable bonds is 3. The first kappa shape index (κ1) is 12.7. The van der Waals surface area contributed by atoms with Crippen molar-refractivity contribution in [3.8, 4) is 5.75 Å². The van der Waals surface area contributed by atoms with E-state index in [-0.39, 0.29) is 0 Å². The molecule has 0 saturated carbocycles. The van der Waals surface area contributed by atoms with Crippen molar-refractivity contribution in [2.75, 3.05) is 0 Å². The zero-order valence-corrected chi connectivity index (χ0v) is 8.27. The van der Waals surface area contributed by atoms with Gasteiger partial charge in [-0.3, -0.25) is 0 Å². The van der Waals surface area contributed by atoms with E-state index in [0.717, 1.165) is 0 Å². The Morgan fingerprint density at radius 3 is 2.25 bits per heavy atom. The van der Waals surface area contributed by atoms with Gasteiger partial charge in [0, 0.05) is 0 Å². The summed E-state index contributed by atoms with van der Waals surface area (Å²) in [6.07, 6.45) is 0. The van der Waals surface area contributed by atoms with E-state index in [1.54, 1.807) is 0 Å². The molecule has 2 N–H and O–H groups in total. The number of nitrogens with two attached hydrogens (primary N) is 1. The summed E-state index contributed by atoms with van der Waals surface area (Å²) in [5, 5.41) is 4.54. The lowest BCUT2D eigenvalue weighted by molar-refractivity contribution is -0.0521. The highest BCUT2D eigenvalue weighted by Gasteiger charge is 2.25. The van der Waals surface area contributed by atoms with E-state index in [2.05, 4.69) is 9.88 Å². The van der Waals surface area contributed by atoms with Crippen LogP contribution in [0.4, 0.5) is 17.6 Å². The Morgan fingerprint density at radius 2 is 1.81 bits per heavy atom. The van der Waals surface area contributed by atoms with Crippen LogP contribution in [0.2, 0.25) is 0 Å². The Morgan fingerprint density at radius 1 is 1.25 bits per heavy atom. The molecule has 9 heteroatoms. The van der Waals surface area contributed by atoms with Crippen molar-refractivity contribution < 1.29 is 30.7 Å². The number of hydrogen-bond donors (Lipinski definition) is 1. The van der Waals surface area contributed by atoms with Gasteiger partial charge in [-0.2, -0.15) is 8.78 Å². The summed E-state index contributed by atoms with van der Waals surface area (Å²) in [6.45, 7) is -3.38. The van der Waals surface area contributed by atoms with Crippen LogP contribution in [0.5, 0.6) is 5.75 Å². The van der Waals surface area contributed by atoms with Gasteiger partial charge in [0.1, 0.15) is 5.75 Å². The molecular weight excluding hydrogens is 254 g/mol. The highest BCUT2D eigenvalue weighted by atomic mass is 32.2. The molecule has 0 atom stereocenters. The minimum atomic E-state index is -4.71. The maximum Gasteiger partial charge on any atom is 0.387 e. The predicted octanol–water partition coefficient (Wildman–Crippen LogP) is 1.21. The van der Waals surface area contributed by atoms with E-state index in [9.17, 15) is 26.0 Å². The first-order valence-corrected chi connectivity index (χ1v) is 5.23. The molecule has 0 aliphatic heterocycles. The van der Waals surface area contributed by atoms with Gasteiger partial charge in [0.25, 0.3) is 0 Å². The Hall–Kier alpha value is -1.35. The van der Waals surface area contributed by atoms with Crippen molar-refractivity contribution in [3.05, 3.63) is 23.8 Å². The Labute approximate surface area is 87.7 Å². The summed E-state index contributed by atoms with van der Waals surface area (Å²) in [7, 11) is -4.71. The monoisotopic (exact) mass is 259 g/mol. The fourth-order valence-corrected chi connectivity index (χ4v) is 1.71. The molecule has 90 valence electrons. The van der Waals surface area contributed by atoms with Gasteiger partial charge in [-0.05, 0) is 12.1 Å². The van der Waals surface area contributed by atoms with Crippen LogP contribution in [-0.2, 0) is 10.0 Å². The van der Waals surface area contributed by atoms with Gasteiger partial charge in [0.2, 0.25) is 10.0 Å². The number of sulfonamides is 1. The molecule has 4 nitrogen and oxygen atoms in total. The van der Waals surface area contributed by atoms with E-state index in [1.165, 1.54) is 0 Å². The fourth-order valence-electron chi connectivity index (χ4n) is 0.968. The molecule has 0 heterocycles. The molecule has 16 heavy (non-hydrogen) atoms. The minimum Gasteiger partial charge on any atom is -0.433 e. The van der Waals surface area contributed by atoms with Crippen molar-refractivity contribution in [2.24, 2.45) is 5.14 Å². The molecule has 1 aromatic carbocycles. The zero-order chi connectivity index (χ0) is 12.5. The maximum atomic E-state index is 13.0. The number of alkyl halides is 2. The molecule has 0 aromatic heterocycles. The SMILES string of the molecule is NS(=O)(=O)c1c(OC(F)F)ccc(F)c1F. The summed E-state index contributed by atoms with van der Waals surface area (Å²) in [5.74, 6) is -4.44. The minimum absolute atomic E-state index is 0.446. The molecule has 0 radical (unpaired) electrons. The summed E-state index contributed by atoms with van der Waals surface area (Å²) < 4.78 is 74.8. The Kier molecular flexibility index (Phi) is 3.38. The van der Waals surface area contributed by atoms with Crippen LogP contribution in [0.25, 0.3) is 0 Å². The fraction of sp³-hybridized carbons (Fsp3) is 0.143. The second-order valence-electron chi connectivity index (χ2n) is 2.61. The van der Waals surface area contributed by atoms with Crippen LogP contribution in [0, 0.1) is 11.6 Å².